The molecule has 0 unspecified atom stereocenters. The molecule has 0 aromatic heterocycles. The van der Waals surface area contributed by atoms with Crippen LogP contribution < -0.4 is 9.47 Å². The Morgan fingerprint density at radius 2 is 1.90 bits per heavy atom. The first kappa shape index (κ1) is 18.9. The highest BCUT2D eigenvalue weighted by atomic mass is 35.5. The van der Waals surface area contributed by atoms with Gasteiger partial charge in [0.1, 0.15) is 17.3 Å². The number of ketones is 1. The number of halogens is 2. The van der Waals surface area contributed by atoms with Crippen molar-refractivity contribution in [2.45, 2.75) is 6.92 Å². The second-order valence-corrected chi connectivity index (χ2v) is 6.87. The smallest absolute Gasteiger partial charge is 0.346 e. The average molecular weight is 409 g/mol. The lowest BCUT2D eigenvalue weighted by Crippen LogP contribution is -2.11. The van der Waals surface area contributed by atoms with Crippen LogP contribution in [0.1, 0.15) is 31.8 Å². The summed E-state index contributed by atoms with van der Waals surface area (Å²) in [5.41, 5.74) is 1.37. The van der Waals surface area contributed by atoms with Crippen LogP contribution in [-0.2, 0) is 0 Å². The zero-order valence-electron chi connectivity index (χ0n) is 15.2. The van der Waals surface area contributed by atoms with E-state index < -0.39 is 11.8 Å². The molecular weight excluding hydrogens is 395 g/mol. The minimum atomic E-state index is -0.829. The number of carbonyl (C=O) groups is 2. The fourth-order valence-electron chi connectivity index (χ4n) is 3.01. The normalized spacial score (nSPS) is 13.9. The highest BCUT2D eigenvalue weighted by Gasteiger charge is 2.30. The fraction of sp³-hybridized carbons (Fsp3) is 0.0435. The predicted octanol–water partition coefficient (Wildman–Crippen LogP) is 5.62. The molecule has 4 rings (SSSR count). The van der Waals surface area contributed by atoms with Gasteiger partial charge in [-0.05, 0) is 55.0 Å². The molecule has 0 radical (unpaired) electrons. The second-order valence-electron chi connectivity index (χ2n) is 6.43. The summed E-state index contributed by atoms with van der Waals surface area (Å²) in [5, 5.41) is 0.542. The van der Waals surface area contributed by atoms with Gasteiger partial charge < -0.3 is 9.47 Å². The molecule has 0 amide bonds. The number of fused-ring (bicyclic) bond motifs is 1. The standard InChI is InChI=1S/C23H14ClFO4/c1-13-19(29-23(27)16-7-2-3-8-18(16)25)10-9-17-21(26)20(28-22(13)17)12-14-5-4-6-15(24)11-14/h2-12H,1H3/b20-12-. The van der Waals surface area contributed by atoms with Gasteiger partial charge in [0.05, 0.1) is 11.1 Å². The highest BCUT2D eigenvalue weighted by Crippen LogP contribution is 2.39. The lowest BCUT2D eigenvalue weighted by atomic mass is 10.1. The Bertz CT molecular complexity index is 1180. The maximum absolute atomic E-state index is 13.8. The monoisotopic (exact) mass is 408 g/mol. The Morgan fingerprint density at radius 3 is 2.66 bits per heavy atom. The molecule has 3 aromatic rings. The van der Waals surface area contributed by atoms with E-state index in [2.05, 4.69) is 0 Å². The Balaban J connectivity index is 1.63. The maximum atomic E-state index is 13.8. The third kappa shape index (κ3) is 3.65. The molecule has 0 saturated carbocycles. The molecule has 29 heavy (non-hydrogen) atoms. The summed E-state index contributed by atoms with van der Waals surface area (Å²) in [5.74, 6) is -1.14. The molecule has 0 fully saturated rings. The van der Waals surface area contributed by atoms with Gasteiger partial charge in [-0.15, -0.1) is 0 Å². The first-order chi connectivity index (χ1) is 13.9. The number of esters is 1. The fourth-order valence-corrected chi connectivity index (χ4v) is 3.21. The van der Waals surface area contributed by atoms with Gasteiger partial charge in [0.2, 0.25) is 5.78 Å². The molecule has 0 bridgehead atoms. The molecule has 4 nitrogen and oxygen atoms in total. The van der Waals surface area contributed by atoms with Crippen LogP contribution in [0.4, 0.5) is 4.39 Å². The van der Waals surface area contributed by atoms with Crippen LogP contribution >= 0.6 is 11.6 Å². The first-order valence-corrected chi connectivity index (χ1v) is 9.12. The Morgan fingerprint density at radius 1 is 1.10 bits per heavy atom. The van der Waals surface area contributed by atoms with Crippen molar-refractivity contribution >= 4 is 29.4 Å². The molecule has 1 aliphatic rings. The van der Waals surface area contributed by atoms with E-state index in [-0.39, 0.29) is 22.9 Å². The summed E-state index contributed by atoms with van der Waals surface area (Å²) < 4.78 is 24.9. The highest BCUT2D eigenvalue weighted by molar-refractivity contribution is 6.30. The van der Waals surface area contributed by atoms with Crippen LogP contribution in [0.15, 0.2) is 66.4 Å². The van der Waals surface area contributed by atoms with Crippen LogP contribution in [0.2, 0.25) is 5.02 Å². The first-order valence-electron chi connectivity index (χ1n) is 8.74. The molecule has 1 heterocycles. The topological polar surface area (TPSA) is 52.6 Å². The molecule has 0 N–H and O–H groups in total. The zero-order chi connectivity index (χ0) is 20.5. The SMILES string of the molecule is Cc1c(OC(=O)c2ccccc2F)ccc2c1O/C(=C\c1cccc(Cl)c1)C2=O. The third-order valence-electron chi connectivity index (χ3n) is 4.48. The second kappa shape index (κ2) is 7.53. The van der Waals surface area contributed by atoms with E-state index in [0.29, 0.717) is 21.9 Å². The number of ether oxygens (including phenoxy) is 2. The van der Waals surface area contributed by atoms with Gasteiger partial charge in [0.15, 0.2) is 5.76 Å². The van der Waals surface area contributed by atoms with Crippen LogP contribution in [-0.4, -0.2) is 11.8 Å². The molecule has 0 aliphatic carbocycles. The number of hydrogen-bond donors (Lipinski definition) is 0. The summed E-state index contributed by atoms with van der Waals surface area (Å²) in [6.07, 6.45) is 1.60. The lowest BCUT2D eigenvalue weighted by molar-refractivity contribution is 0.0728. The van der Waals surface area contributed by atoms with Gasteiger partial charge in [-0.3, -0.25) is 4.79 Å². The van der Waals surface area contributed by atoms with Crippen LogP contribution in [0.25, 0.3) is 6.08 Å². The predicted molar refractivity (Wildman–Crippen MR) is 107 cm³/mol. The number of hydrogen-bond acceptors (Lipinski definition) is 4. The minimum Gasteiger partial charge on any atom is -0.452 e. The average Bonchev–Trinajstić information content (AvgIpc) is 3.01. The Hall–Kier alpha value is -3.44. The van der Waals surface area contributed by atoms with Gasteiger partial charge >= 0.3 is 5.97 Å². The van der Waals surface area contributed by atoms with Crippen molar-refractivity contribution in [3.8, 4) is 11.5 Å². The van der Waals surface area contributed by atoms with E-state index in [1.807, 2.05) is 0 Å². The quantitative estimate of drug-likeness (QED) is 0.320. The van der Waals surface area contributed by atoms with E-state index in [1.54, 1.807) is 43.3 Å². The number of Topliss-reactive ketones (excluding diaryl/α,β-unsaturated/α-hetero) is 1. The molecule has 1 aliphatic heterocycles. The molecule has 0 atom stereocenters. The van der Waals surface area contributed by atoms with Crippen LogP contribution in [0.5, 0.6) is 11.5 Å². The maximum Gasteiger partial charge on any atom is 0.346 e. The van der Waals surface area contributed by atoms with Crippen molar-refractivity contribution in [3.63, 3.8) is 0 Å². The Labute approximate surface area is 171 Å². The lowest BCUT2D eigenvalue weighted by Gasteiger charge is -2.10. The largest absolute Gasteiger partial charge is 0.452 e. The van der Waals surface area contributed by atoms with Crippen molar-refractivity contribution in [3.05, 3.63) is 99.5 Å². The van der Waals surface area contributed by atoms with E-state index in [1.165, 1.54) is 30.3 Å². The van der Waals surface area contributed by atoms with E-state index in [9.17, 15) is 14.0 Å². The zero-order valence-corrected chi connectivity index (χ0v) is 16.0. The summed E-state index contributed by atoms with van der Waals surface area (Å²) >= 11 is 5.98. The van der Waals surface area contributed by atoms with Gasteiger partial charge in [-0.2, -0.15) is 0 Å². The summed E-state index contributed by atoms with van der Waals surface area (Å²) in [4.78, 5) is 24.9. The van der Waals surface area contributed by atoms with Crippen molar-refractivity contribution in [1.82, 2.24) is 0 Å². The van der Waals surface area contributed by atoms with Crippen molar-refractivity contribution in [1.29, 1.82) is 0 Å². The molecular formula is C23H14ClFO4. The minimum absolute atomic E-state index is 0.142. The van der Waals surface area contributed by atoms with Gasteiger partial charge in [0.25, 0.3) is 0 Å². The molecule has 0 spiro atoms. The van der Waals surface area contributed by atoms with Gasteiger partial charge in [-0.1, -0.05) is 35.9 Å². The van der Waals surface area contributed by atoms with E-state index >= 15 is 0 Å². The van der Waals surface area contributed by atoms with Gasteiger partial charge in [-0.25, -0.2) is 9.18 Å². The number of benzene rings is 3. The summed E-state index contributed by atoms with van der Waals surface area (Å²) in [7, 11) is 0. The van der Waals surface area contributed by atoms with Crippen molar-refractivity contribution in [2.24, 2.45) is 0 Å². The van der Waals surface area contributed by atoms with E-state index in [4.69, 9.17) is 21.1 Å². The van der Waals surface area contributed by atoms with Crippen molar-refractivity contribution in [2.75, 3.05) is 0 Å². The van der Waals surface area contributed by atoms with Crippen molar-refractivity contribution < 1.29 is 23.5 Å². The number of rotatable bonds is 3. The third-order valence-corrected chi connectivity index (χ3v) is 4.71. The molecule has 6 heteroatoms. The van der Waals surface area contributed by atoms with Gasteiger partial charge in [0, 0.05) is 10.6 Å². The van der Waals surface area contributed by atoms with Crippen LogP contribution in [0, 0.1) is 12.7 Å². The Kier molecular flexibility index (Phi) is 4.91. The molecule has 3 aromatic carbocycles. The van der Waals surface area contributed by atoms with Crippen LogP contribution in [0.3, 0.4) is 0 Å². The molecule has 0 saturated heterocycles. The summed E-state index contributed by atoms with van der Waals surface area (Å²) in [6, 6.07) is 15.6. The van der Waals surface area contributed by atoms with E-state index in [0.717, 1.165) is 5.56 Å². The summed E-state index contributed by atoms with van der Waals surface area (Å²) in [6.45, 7) is 1.67. The number of allylic oxidation sites excluding steroid dienone is 1. The molecule has 144 valence electrons. The number of carbonyl (C=O) groups excluding carboxylic acids is 2.